The van der Waals surface area contributed by atoms with Crippen LogP contribution >= 0.6 is 11.8 Å². The van der Waals surface area contributed by atoms with Crippen molar-refractivity contribution < 1.29 is 14.3 Å². The maximum absolute atomic E-state index is 13.2. The highest BCUT2D eigenvalue weighted by atomic mass is 32.2. The first-order valence-electron chi connectivity index (χ1n) is 5.48. The maximum Gasteiger partial charge on any atom is 0.305 e. The minimum absolute atomic E-state index is 0.0744. The van der Waals surface area contributed by atoms with Gasteiger partial charge in [0.1, 0.15) is 5.82 Å². The van der Waals surface area contributed by atoms with Crippen molar-refractivity contribution in [3.63, 3.8) is 0 Å². The van der Waals surface area contributed by atoms with Crippen LogP contribution in [0.5, 0.6) is 0 Å². The van der Waals surface area contributed by atoms with E-state index >= 15 is 0 Å². The number of anilines is 1. The molecule has 1 aromatic carbocycles. The van der Waals surface area contributed by atoms with Crippen LogP contribution in [-0.2, 0) is 4.79 Å². The molecule has 1 aromatic rings. The van der Waals surface area contributed by atoms with Crippen molar-refractivity contribution in [3.8, 4) is 0 Å². The highest BCUT2D eigenvalue weighted by molar-refractivity contribution is 7.99. The second-order valence-electron chi connectivity index (χ2n) is 4.11. The zero-order valence-electron chi connectivity index (χ0n) is 9.52. The van der Waals surface area contributed by atoms with Gasteiger partial charge in [-0.1, -0.05) is 0 Å². The third-order valence-electron chi connectivity index (χ3n) is 2.81. The molecule has 0 saturated carbocycles. The molecule has 0 aliphatic carbocycles. The van der Waals surface area contributed by atoms with Crippen molar-refractivity contribution in [1.82, 2.24) is 0 Å². The van der Waals surface area contributed by atoms with Crippen LogP contribution in [0.1, 0.15) is 13.3 Å². The van der Waals surface area contributed by atoms with Crippen LogP contribution in [0, 0.1) is 5.82 Å². The normalized spacial score (nSPS) is 18.9. The van der Waals surface area contributed by atoms with E-state index in [-0.39, 0.29) is 18.3 Å². The molecule has 0 fully saturated rings. The number of halogens is 1. The maximum atomic E-state index is 13.2. The topological polar surface area (TPSA) is 40.5 Å². The van der Waals surface area contributed by atoms with E-state index in [0.29, 0.717) is 6.54 Å². The summed E-state index contributed by atoms with van der Waals surface area (Å²) < 4.78 is 13.2. The predicted octanol–water partition coefficient (Wildman–Crippen LogP) is 2.60. The van der Waals surface area contributed by atoms with E-state index in [9.17, 15) is 9.18 Å². The van der Waals surface area contributed by atoms with Crippen LogP contribution in [0.15, 0.2) is 23.1 Å². The Hall–Kier alpha value is -1.23. The summed E-state index contributed by atoms with van der Waals surface area (Å²) in [4.78, 5) is 13.6. The Balaban J connectivity index is 2.25. The van der Waals surface area contributed by atoms with Crippen LogP contribution in [0.3, 0.4) is 0 Å². The van der Waals surface area contributed by atoms with Crippen LogP contribution < -0.4 is 4.90 Å². The Bertz CT molecular complexity index is 439. The Kier molecular flexibility index (Phi) is 3.57. The summed E-state index contributed by atoms with van der Waals surface area (Å²) in [5, 5.41) is 8.73. The molecule has 1 unspecified atom stereocenters. The van der Waals surface area contributed by atoms with Crippen molar-refractivity contribution in [2.75, 3.05) is 17.2 Å². The monoisotopic (exact) mass is 255 g/mol. The number of carboxylic acids is 1. The molecule has 1 heterocycles. The molecule has 17 heavy (non-hydrogen) atoms. The number of rotatable bonds is 3. The molecule has 2 rings (SSSR count). The number of thioether (sulfide) groups is 1. The largest absolute Gasteiger partial charge is 0.481 e. The van der Waals surface area contributed by atoms with Crippen LogP contribution in [0.4, 0.5) is 10.1 Å². The summed E-state index contributed by atoms with van der Waals surface area (Å²) in [5.74, 6) is -0.203. The van der Waals surface area contributed by atoms with E-state index in [1.165, 1.54) is 12.1 Å². The average Bonchev–Trinajstić information content (AvgIpc) is 2.27. The van der Waals surface area contributed by atoms with E-state index in [4.69, 9.17) is 5.11 Å². The van der Waals surface area contributed by atoms with Crippen LogP contribution in [-0.4, -0.2) is 29.4 Å². The van der Waals surface area contributed by atoms with Gasteiger partial charge < -0.3 is 10.0 Å². The zero-order valence-corrected chi connectivity index (χ0v) is 10.3. The summed E-state index contributed by atoms with van der Waals surface area (Å²) in [5.41, 5.74) is 0.815. The number of fused-ring (bicyclic) bond motifs is 1. The smallest absolute Gasteiger partial charge is 0.305 e. The molecule has 0 spiro atoms. The first kappa shape index (κ1) is 12.2. The molecule has 5 heteroatoms. The number of aliphatic carboxylic acids is 1. The summed E-state index contributed by atoms with van der Waals surface area (Å²) >= 11 is 1.69. The van der Waals surface area contributed by atoms with Gasteiger partial charge in [-0.05, 0) is 25.1 Å². The molecule has 1 aliphatic rings. The molecule has 1 aliphatic heterocycles. The quantitative estimate of drug-likeness (QED) is 0.901. The number of carboxylic acid groups (broad SMARTS) is 1. The van der Waals surface area contributed by atoms with E-state index in [1.807, 2.05) is 11.8 Å². The van der Waals surface area contributed by atoms with Crippen molar-refractivity contribution in [3.05, 3.63) is 24.0 Å². The highest BCUT2D eigenvalue weighted by Crippen LogP contribution is 2.37. The van der Waals surface area contributed by atoms with Gasteiger partial charge in [0.15, 0.2) is 0 Å². The molecule has 0 aromatic heterocycles. The Labute approximate surface area is 104 Å². The fourth-order valence-electron chi connectivity index (χ4n) is 1.93. The molecule has 92 valence electrons. The second kappa shape index (κ2) is 4.96. The Morgan fingerprint density at radius 1 is 1.65 bits per heavy atom. The van der Waals surface area contributed by atoms with E-state index in [2.05, 4.69) is 0 Å². The third kappa shape index (κ3) is 2.72. The minimum Gasteiger partial charge on any atom is -0.481 e. The van der Waals surface area contributed by atoms with Crippen molar-refractivity contribution in [1.29, 1.82) is 0 Å². The first-order valence-corrected chi connectivity index (χ1v) is 6.47. The lowest BCUT2D eigenvalue weighted by atomic mass is 10.2. The summed E-state index contributed by atoms with van der Waals surface area (Å²) in [6.07, 6.45) is 0.0744. The SMILES string of the molecule is CC1CSc2ccc(F)cc2N1CCC(=O)O. The second-order valence-corrected chi connectivity index (χ2v) is 5.17. The summed E-state index contributed by atoms with van der Waals surface area (Å²) in [7, 11) is 0. The molecule has 1 atom stereocenters. The first-order chi connectivity index (χ1) is 8.08. The standard InChI is InChI=1S/C12H14FNO2S/c1-8-7-17-11-3-2-9(13)6-10(11)14(8)5-4-12(15)16/h2-3,6,8H,4-5,7H2,1H3,(H,15,16). The minimum atomic E-state index is -0.826. The molecular formula is C12H14FNO2S. The molecular weight excluding hydrogens is 241 g/mol. The summed E-state index contributed by atoms with van der Waals surface area (Å²) in [6.45, 7) is 2.45. The Morgan fingerprint density at radius 3 is 3.12 bits per heavy atom. The molecule has 0 radical (unpaired) electrons. The highest BCUT2D eigenvalue weighted by Gasteiger charge is 2.24. The van der Waals surface area contributed by atoms with E-state index in [1.54, 1.807) is 17.8 Å². The zero-order chi connectivity index (χ0) is 12.4. The molecule has 0 amide bonds. The van der Waals surface area contributed by atoms with Gasteiger partial charge in [-0.25, -0.2) is 4.39 Å². The lowest BCUT2D eigenvalue weighted by Gasteiger charge is -2.36. The van der Waals surface area contributed by atoms with E-state index in [0.717, 1.165) is 16.3 Å². The lowest BCUT2D eigenvalue weighted by molar-refractivity contribution is -0.136. The van der Waals surface area contributed by atoms with Gasteiger partial charge >= 0.3 is 5.97 Å². The summed E-state index contributed by atoms with van der Waals surface area (Å²) in [6, 6.07) is 4.92. The number of carbonyl (C=O) groups is 1. The predicted molar refractivity (Wildman–Crippen MR) is 66.2 cm³/mol. The van der Waals surface area contributed by atoms with Gasteiger partial charge in [0.05, 0.1) is 12.1 Å². The Morgan fingerprint density at radius 2 is 2.41 bits per heavy atom. The number of nitrogens with zero attached hydrogens (tertiary/aromatic N) is 1. The van der Waals surface area contributed by atoms with Crippen molar-refractivity contribution >= 4 is 23.4 Å². The molecule has 0 saturated heterocycles. The fraction of sp³-hybridized carbons (Fsp3) is 0.417. The van der Waals surface area contributed by atoms with Crippen LogP contribution in [0.25, 0.3) is 0 Å². The lowest BCUT2D eigenvalue weighted by Crippen LogP contribution is -2.39. The molecule has 1 N–H and O–H groups in total. The molecule has 3 nitrogen and oxygen atoms in total. The van der Waals surface area contributed by atoms with Gasteiger partial charge in [0.25, 0.3) is 0 Å². The van der Waals surface area contributed by atoms with Crippen molar-refractivity contribution in [2.24, 2.45) is 0 Å². The van der Waals surface area contributed by atoms with Crippen LogP contribution in [0.2, 0.25) is 0 Å². The van der Waals surface area contributed by atoms with E-state index < -0.39 is 5.97 Å². The van der Waals surface area contributed by atoms with Gasteiger partial charge in [-0.15, -0.1) is 11.8 Å². The van der Waals surface area contributed by atoms with Gasteiger partial charge in [-0.2, -0.15) is 0 Å². The average molecular weight is 255 g/mol. The fourth-order valence-corrected chi connectivity index (χ4v) is 3.02. The third-order valence-corrected chi connectivity index (χ3v) is 4.11. The van der Waals surface area contributed by atoms with Gasteiger partial charge in [0.2, 0.25) is 0 Å². The number of hydrogen-bond acceptors (Lipinski definition) is 3. The number of hydrogen-bond donors (Lipinski definition) is 1. The number of benzene rings is 1. The van der Waals surface area contributed by atoms with Gasteiger partial charge in [0, 0.05) is 23.2 Å². The van der Waals surface area contributed by atoms with Gasteiger partial charge in [-0.3, -0.25) is 4.79 Å². The van der Waals surface area contributed by atoms with Crippen molar-refractivity contribution in [2.45, 2.75) is 24.3 Å². The molecule has 0 bridgehead atoms.